The fraction of sp³-hybridized carbons (Fsp3) is 0.125. The van der Waals surface area contributed by atoms with Crippen molar-refractivity contribution >= 4 is 27.5 Å². The molecule has 0 atom stereocenters. The van der Waals surface area contributed by atoms with Gasteiger partial charge in [0, 0.05) is 11.6 Å². The highest BCUT2D eigenvalue weighted by Gasteiger charge is 2.07. The summed E-state index contributed by atoms with van der Waals surface area (Å²) in [5.74, 6) is 0.283. The molecular formula is C8H7N3OS. The summed E-state index contributed by atoms with van der Waals surface area (Å²) in [6.45, 7) is 1.81. The average Bonchev–Trinajstić information content (AvgIpc) is 2.46. The van der Waals surface area contributed by atoms with E-state index < -0.39 is 5.91 Å². The Hall–Kier alpha value is -1.49. The summed E-state index contributed by atoms with van der Waals surface area (Å²) in [4.78, 5) is 20.4. The van der Waals surface area contributed by atoms with Crippen LogP contribution in [0.1, 0.15) is 15.5 Å². The molecule has 0 bridgehead atoms. The van der Waals surface area contributed by atoms with Crippen LogP contribution in [0.3, 0.4) is 0 Å². The molecule has 0 unspecified atom stereocenters. The van der Waals surface area contributed by atoms with Crippen molar-refractivity contribution in [2.75, 3.05) is 0 Å². The van der Waals surface area contributed by atoms with E-state index in [9.17, 15) is 4.79 Å². The van der Waals surface area contributed by atoms with Gasteiger partial charge in [-0.2, -0.15) is 0 Å². The molecule has 0 saturated heterocycles. The number of carbonyl (C=O) groups excluding carboxylic acids is 1. The first-order valence-electron chi connectivity index (χ1n) is 3.70. The zero-order valence-electron chi connectivity index (χ0n) is 6.94. The van der Waals surface area contributed by atoms with Gasteiger partial charge in [-0.05, 0) is 13.0 Å². The van der Waals surface area contributed by atoms with Gasteiger partial charge in [-0.3, -0.25) is 4.79 Å². The zero-order valence-corrected chi connectivity index (χ0v) is 7.76. The van der Waals surface area contributed by atoms with Crippen LogP contribution in [0.25, 0.3) is 10.2 Å². The maximum Gasteiger partial charge on any atom is 0.258 e. The number of carbonyl (C=O) groups is 1. The molecule has 2 rings (SSSR count). The average molecular weight is 193 g/mol. The Morgan fingerprint density at radius 2 is 2.38 bits per heavy atom. The summed E-state index contributed by atoms with van der Waals surface area (Å²) in [5.41, 5.74) is 5.14. The maximum atomic E-state index is 10.8. The predicted molar refractivity (Wildman–Crippen MR) is 50.7 cm³/mol. The Morgan fingerprint density at radius 3 is 3.08 bits per heavy atom. The van der Waals surface area contributed by atoms with Gasteiger partial charge in [-0.15, -0.1) is 11.3 Å². The van der Waals surface area contributed by atoms with Gasteiger partial charge in [-0.25, -0.2) is 9.97 Å². The third-order valence-electron chi connectivity index (χ3n) is 1.64. The van der Waals surface area contributed by atoms with Gasteiger partial charge >= 0.3 is 0 Å². The molecule has 0 spiro atoms. The fourth-order valence-corrected chi connectivity index (χ4v) is 1.94. The molecule has 0 aromatic carbocycles. The third-order valence-corrected chi connectivity index (χ3v) is 2.70. The Morgan fingerprint density at radius 1 is 1.62 bits per heavy atom. The largest absolute Gasteiger partial charge is 0.365 e. The second kappa shape index (κ2) is 2.77. The van der Waals surface area contributed by atoms with Crippen LogP contribution < -0.4 is 5.73 Å². The Labute approximate surface area is 78.4 Å². The lowest BCUT2D eigenvalue weighted by Crippen LogP contribution is -2.07. The van der Waals surface area contributed by atoms with Crippen molar-refractivity contribution in [1.82, 2.24) is 9.97 Å². The highest BCUT2D eigenvalue weighted by Crippen LogP contribution is 2.22. The summed E-state index contributed by atoms with van der Waals surface area (Å²) in [5, 5.41) is 0.865. The topological polar surface area (TPSA) is 68.9 Å². The number of amides is 1. The van der Waals surface area contributed by atoms with E-state index in [4.69, 9.17) is 5.73 Å². The van der Waals surface area contributed by atoms with E-state index in [0.29, 0.717) is 10.7 Å². The lowest BCUT2D eigenvalue weighted by atomic mass is 10.3. The van der Waals surface area contributed by atoms with Gasteiger partial charge in [0.25, 0.3) is 5.91 Å². The van der Waals surface area contributed by atoms with Gasteiger partial charge < -0.3 is 5.73 Å². The molecule has 0 saturated carbocycles. The van der Waals surface area contributed by atoms with E-state index in [-0.39, 0.29) is 0 Å². The molecule has 4 nitrogen and oxygen atoms in total. The van der Waals surface area contributed by atoms with Crippen LogP contribution in [0, 0.1) is 6.92 Å². The van der Waals surface area contributed by atoms with Crippen LogP contribution in [0.4, 0.5) is 0 Å². The number of aryl methyl sites for hydroxylation is 1. The number of hydrogen-bond donors (Lipinski definition) is 1. The molecule has 2 aromatic rings. The normalized spacial score (nSPS) is 10.5. The van der Waals surface area contributed by atoms with Crippen molar-refractivity contribution in [2.24, 2.45) is 5.73 Å². The van der Waals surface area contributed by atoms with E-state index in [1.807, 2.05) is 6.92 Å². The number of nitrogens with zero attached hydrogens (tertiary/aromatic N) is 2. The van der Waals surface area contributed by atoms with E-state index >= 15 is 0 Å². The summed E-state index contributed by atoms with van der Waals surface area (Å²) >= 11 is 1.29. The Bertz CT molecular complexity index is 477. The van der Waals surface area contributed by atoms with Gasteiger partial charge in [0.05, 0.1) is 4.88 Å². The van der Waals surface area contributed by atoms with Crippen LogP contribution in [0.5, 0.6) is 0 Å². The second-order valence-corrected chi connectivity index (χ2v) is 3.68. The van der Waals surface area contributed by atoms with Gasteiger partial charge in [0.1, 0.15) is 10.7 Å². The standard InChI is InChI=1S/C8H7N3OS/c1-4-10-3-5-2-6(7(9)12)13-8(5)11-4/h2-3H,1H3,(H2,9,12). The molecule has 13 heavy (non-hydrogen) atoms. The predicted octanol–water partition coefficient (Wildman–Crippen LogP) is 1.10. The van der Waals surface area contributed by atoms with Crippen LogP contribution in [0.2, 0.25) is 0 Å². The van der Waals surface area contributed by atoms with Crippen molar-refractivity contribution in [2.45, 2.75) is 6.92 Å². The number of rotatable bonds is 1. The number of nitrogens with two attached hydrogens (primary N) is 1. The number of aromatic nitrogens is 2. The lowest BCUT2D eigenvalue weighted by Gasteiger charge is -1.88. The number of fused-ring (bicyclic) bond motifs is 1. The molecule has 0 aliphatic carbocycles. The maximum absolute atomic E-state index is 10.8. The monoisotopic (exact) mass is 193 g/mol. The van der Waals surface area contributed by atoms with Gasteiger partial charge in [0.2, 0.25) is 0 Å². The Balaban J connectivity index is 2.68. The smallest absolute Gasteiger partial charge is 0.258 e. The summed E-state index contributed by atoms with van der Waals surface area (Å²) in [6.07, 6.45) is 1.70. The Kier molecular flexibility index (Phi) is 1.73. The molecule has 2 aromatic heterocycles. The summed E-state index contributed by atoms with van der Waals surface area (Å²) in [6, 6.07) is 1.71. The van der Waals surface area contributed by atoms with Gasteiger partial charge in [0.15, 0.2) is 0 Å². The molecule has 0 radical (unpaired) electrons. The highest BCUT2D eigenvalue weighted by molar-refractivity contribution is 7.20. The lowest BCUT2D eigenvalue weighted by molar-refractivity contribution is 0.100. The number of primary amides is 1. The fourth-order valence-electron chi connectivity index (χ4n) is 1.04. The number of thiophene rings is 1. The first kappa shape index (κ1) is 8.12. The van der Waals surface area contributed by atoms with Crippen molar-refractivity contribution in [3.8, 4) is 0 Å². The summed E-state index contributed by atoms with van der Waals surface area (Å²) < 4.78 is 0. The minimum Gasteiger partial charge on any atom is -0.365 e. The molecule has 5 heteroatoms. The molecule has 0 fully saturated rings. The molecular weight excluding hydrogens is 186 g/mol. The number of hydrogen-bond acceptors (Lipinski definition) is 4. The first-order valence-corrected chi connectivity index (χ1v) is 4.51. The minimum absolute atomic E-state index is 0.416. The SMILES string of the molecule is Cc1ncc2cc(C(N)=O)sc2n1. The summed E-state index contributed by atoms with van der Waals surface area (Å²) in [7, 11) is 0. The van der Waals surface area contributed by atoms with E-state index in [2.05, 4.69) is 9.97 Å². The minimum atomic E-state index is -0.416. The molecule has 2 N–H and O–H groups in total. The van der Waals surface area contributed by atoms with E-state index in [1.165, 1.54) is 11.3 Å². The van der Waals surface area contributed by atoms with Crippen LogP contribution in [-0.2, 0) is 0 Å². The van der Waals surface area contributed by atoms with Crippen molar-refractivity contribution in [1.29, 1.82) is 0 Å². The molecule has 0 aliphatic rings. The van der Waals surface area contributed by atoms with Crippen LogP contribution in [0.15, 0.2) is 12.3 Å². The van der Waals surface area contributed by atoms with E-state index in [1.54, 1.807) is 12.3 Å². The zero-order chi connectivity index (χ0) is 9.42. The molecule has 2 heterocycles. The van der Waals surface area contributed by atoms with Crippen molar-refractivity contribution in [3.63, 3.8) is 0 Å². The van der Waals surface area contributed by atoms with Gasteiger partial charge in [-0.1, -0.05) is 0 Å². The van der Waals surface area contributed by atoms with Crippen molar-refractivity contribution < 1.29 is 4.79 Å². The van der Waals surface area contributed by atoms with Crippen LogP contribution >= 0.6 is 11.3 Å². The molecule has 0 aliphatic heterocycles. The molecule has 66 valence electrons. The second-order valence-electron chi connectivity index (χ2n) is 2.65. The van der Waals surface area contributed by atoms with Crippen LogP contribution in [-0.4, -0.2) is 15.9 Å². The van der Waals surface area contributed by atoms with Crippen molar-refractivity contribution in [3.05, 3.63) is 23.0 Å². The quantitative estimate of drug-likeness (QED) is 0.737. The highest BCUT2D eigenvalue weighted by atomic mass is 32.1. The first-order chi connectivity index (χ1) is 6.16. The van der Waals surface area contributed by atoms with E-state index in [0.717, 1.165) is 10.2 Å². The third kappa shape index (κ3) is 1.38. The molecule has 1 amide bonds.